The Morgan fingerprint density at radius 2 is 1.65 bits per heavy atom. The predicted octanol–water partition coefficient (Wildman–Crippen LogP) is 3.65. The molecular weight excluding hydrogens is 432 g/mol. The van der Waals surface area contributed by atoms with E-state index in [2.05, 4.69) is 33.3 Å². The number of carbonyl (C=O) groups excluding carboxylic acids is 3. The zero-order valence-electron chi connectivity index (χ0n) is 20.8. The van der Waals surface area contributed by atoms with Crippen LogP contribution in [0.15, 0.2) is 6.07 Å². The average Bonchev–Trinajstić information content (AvgIpc) is 3.15. The molecule has 0 spiro atoms. The van der Waals surface area contributed by atoms with Crippen molar-refractivity contribution in [2.75, 3.05) is 5.32 Å². The summed E-state index contributed by atoms with van der Waals surface area (Å²) in [5.74, 6) is -1.01. The third-order valence-corrected chi connectivity index (χ3v) is 6.75. The summed E-state index contributed by atoms with van der Waals surface area (Å²) in [6, 6.07) is 1.78. The third kappa shape index (κ3) is 8.11. The monoisotopic (exact) mass is 474 g/mol. The van der Waals surface area contributed by atoms with Crippen LogP contribution in [-0.4, -0.2) is 39.6 Å². The number of nitrogens with zero attached hydrogens (tertiary/aromatic N) is 2. The molecule has 1 aliphatic carbocycles. The molecule has 34 heavy (non-hydrogen) atoms. The number of hydrogen-bond donors (Lipinski definition) is 4. The summed E-state index contributed by atoms with van der Waals surface area (Å²) in [4.78, 5) is 37.7. The molecule has 0 radical (unpaired) electrons. The molecule has 9 nitrogen and oxygen atoms in total. The van der Waals surface area contributed by atoms with Gasteiger partial charge in [0.2, 0.25) is 5.91 Å². The van der Waals surface area contributed by atoms with Crippen molar-refractivity contribution < 1.29 is 14.4 Å². The Kier molecular flexibility index (Phi) is 10.4. The van der Waals surface area contributed by atoms with E-state index in [0.717, 1.165) is 38.5 Å². The summed E-state index contributed by atoms with van der Waals surface area (Å²) in [5, 5.41) is 16.4. The second-order valence-corrected chi connectivity index (χ2v) is 9.83. The smallest absolute Gasteiger partial charge is 0.314 e. The summed E-state index contributed by atoms with van der Waals surface area (Å²) in [6.45, 7) is 3.89. The lowest BCUT2D eigenvalue weighted by molar-refractivity contribution is -0.136. The van der Waals surface area contributed by atoms with E-state index >= 15 is 0 Å². The van der Waals surface area contributed by atoms with Crippen molar-refractivity contribution in [3.63, 3.8) is 0 Å². The number of anilines is 1. The van der Waals surface area contributed by atoms with Crippen molar-refractivity contribution in [3.8, 4) is 0 Å². The van der Waals surface area contributed by atoms with Gasteiger partial charge in [-0.2, -0.15) is 5.10 Å². The molecule has 9 heteroatoms. The van der Waals surface area contributed by atoms with E-state index in [9.17, 15) is 14.4 Å². The van der Waals surface area contributed by atoms with E-state index in [0.29, 0.717) is 17.9 Å². The Bertz CT molecular complexity index is 812. The molecule has 2 aliphatic rings. The molecule has 2 heterocycles. The second-order valence-electron chi connectivity index (χ2n) is 9.83. The normalized spacial score (nSPS) is 23.3. The van der Waals surface area contributed by atoms with Crippen molar-refractivity contribution in [2.24, 2.45) is 0 Å². The van der Waals surface area contributed by atoms with Crippen LogP contribution in [0.1, 0.15) is 109 Å². The fourth-order valence-electron chi connectivity index (χ4n) is 4.96. The van der Waals surface area contributed by atoms with Gasteiger partial charge in [-0.05, 0) is 26.2 Å². The standard InChI is InChI=1S/C25H42N6O3/c1-3-13-20-17-22(32)29-25(27-20)31-21(16-18(2)30-31)28-24(34)23(33)26-19-14-11-9-7-5-4-6-8-10-12-15-19/h16,19-20,25,27H,3-15,17H2,1-2H3,(H,26,33)(H,28,34)(H,29,32). The highest BCUT2D eigenvalue weighted by molar-refractivity contribution is 6.39. The van der Waals surface area contributed by atoms with Crippen LogP contribution in [0.3, 0.4) is 0 Å². The van der Waals surface area contributed by atoms with E-state index in [4.69, 9.17) is 0 Å². The van der Waals surface area contributed by atoms with Crippen LogP contribution in [0.4, 0.5) is 5.82 Å². The Labute approximate surface area is 203 Å². The summed E-state index contributed by atoms with van der Waals surface area (Å²) < 4.78 is 1.54. The van der Waals surface area contributed by atoms with Gasteiger partial charge in [-0.3, -0.25) is 19.7 Å². The SMILES string of the molecule is CCCC1CC(=O)NC(n2nc(C)cc2NC(=O)C(=O)NC2CCCCCCCCCCC2)N1. The molecule has 1 saturated carbocycles. The first-order valence-electron chi connectivity index (χ1n) is 13.2. The Hall–Kier alpha value is -2.42. The van der Waals surface area contributed by atoms with Crippen molar-refractivity contribution in [1.82, 2.24) is 25.7 Å². The second kappa shape index (κ2) is 13.5. The largest absolute Gasteiger partial charge is 0.345 e. The quantitative estimate of drug-likeness (QED) is 0.486. The van der Waals surface area contributed by atoms with E-state index in [1.165, 1.54) is 49.6 Å². The number of carbonyl (C=O) groups is 3. The van der Waals surface area contributed by atoms with Gasteiger partial charge in [0.25, 0.3) is 0 Å². The fraction of sp³-hybridized carbons (Fsp3) is 0.760. The molecule has 2 atom stereocenters. The molecule has 1 aliphatic heterocycles. The Morgan fingerprint density at radius 3 is 2.26 bits per heavy atom. The summed E-state index contributed by atoms with van der Waals surface area (Å²) in [5.41, 5.74) is 0.684. The van der Waals surface area contributed by atoms with Gasteiger partial charge in [-0.25, -0.2) is 4.68 Å². The number of aromatic nitrogens is 2. The van der Waals surface area contributed by atoms with E-state index in [1.807, 2.05) is 6.92 Å². The molecule has 3 rings (SSSR count). The molecule has 1 saturated heterocycles. The molecule has 4 N–H and O–H groups in total. The lowest BCUT2D eigenvalue weighted by Gasteiger charge is -2.32. The van der Waals surface area contributed by atoms with Crippen LogP contribution in [0, 0.1) is 6.92 Å². The maximum atomic E-state index is 12.8. The molecule has 0 bridgehead atoms. The lowest BCUT2D eigenvalue weighted by Crippen LogP contribution is -2.53. The van der Waals surface area contributed by atoms with Gasteiger partial charge >= 0.3 is 11.8 Å². The number of amides is 3. The van der Waals surface area contributed by atoms with Gasteiger partial charge in [0.15, 0.2) is 6.29 Å². The molecule has 0 aromatic carbocycles. The van der Waals surface area contributed by atoms with Crippen LogP contribution >= 0.6 is 0 Å². The van der Waals surface area contributed by atoms with Crippen molar-refractivity contribution in [3.05, 3.63) is 11.8 Å². The minimum atomic E-state index is -0.709. The van der Waals surface area contributed by atoms with Crippen LogP contribution < -0.4 is 21.3 Å². The summed E-state index contributed by atoms with van der Waals surface area (Å²) in [6.07, 6.45) is 14.4. The molecule has 3 amide bonds. The average molecular weight is 475 g/mol. The van der Waals surface area contributed by atoms with Crippen molar-refractivity contribution in [2.45, 2.75) is 122 Å². The first kappa shape index (κ1) is 26.2. The topological polar surface area (TPSA) is 117 Å². The number of rotatable bonds is 5. The van der Waals surface area contributed by atoms with E-state index in [-0.39, 0.29) is 18.0 Å². The van der Waals surface area contributed by atoms with Gasteiger partial charge < -0.3 is 16.0 Å². The minimum absolute atomic E-state index is 0.0263. The highest BCUT2D eigenvalue weighted by atomic mass is 16.2. The predicted molar refractivity (Wildman–Crippen MR) is 132 cm³/mol. The van der Waals surface area contributed by atoms with Gasteiger partial charge in [-0.15, -0.1) is 0 Å². The van der Waals surface area contributed by atoms with Crippen molar-refractivity contribution >= 4 is 23.5 Å². The van der Waals surface area contributed by atoms with Crippen molar-refractivity contribution in [1.29, 1.82) is 0 Å². The first-order valence-corrected chi connectivity index (χ1v) is 13.2. The molecule has 1 aromatic heterocycles. The fourth-order valence-corrected chi connectivity index (χ4v) is 4.96. The molecule has 2 unspecified atom stereocenters. The highest BCUT2D eigenvalue weighted by Crippen LogP contribution is 2.20. The molecular formula is C25H42N6O3. The summed E-state index contributed by atoms with van der Waals surface area (Å²) >= 11 is 0. The van der Waals surface area contributed by atoms with E-state index in [1.54, 1.807) is 6.07 Å². The Balaban J connectivity index is 1.60. The van der Waals surface area contributed by atoms with Gasteiger partial charge in [0, 0.05) is 24.6 Å². The van der Waals surface area contributed by atoms with Gasteiger partial charge in [0.1, 0.15) is 5.82 Å². The minimum Gasteiger partial charge on any atom is -0.345 e. The number of aryl methyl sites for hydroxylation is 1. The Morgan fingerprint density at radius 1 is 1.03 bits per heavy atom. The maximum Gasteiger partial charge on any atom is 0.314 e. The zero-order valence-corrected chi connectivity index (χ0v) is 20.8. The van der Waals surface area contributed by atoms with Crippen LogP contribution in [0.2, 0.25) is 0 Å². The van der Waals surface area contributed by atoms with Crippen LogP contribution in [0.25, 0.3) is 0 Å². The first-order chi connectivity index (χ1) is 16.5. The maximum absolute atomic E-state index is 12.8. The highest BCUT2D eigenvalue weighted by Gasteiger charge is 2.29. The molecule has 1 aromatic rings. The zero-order chi connectivity index (χ0) is 24.3. The van der Waals surface area contributed by atoms with Crippen LogP contribution in [0.5, 0.6) is 0 Å². The van der Waals surface area contributed by atoms with Crippen LogP contribution in [-0.2, 0) is 14.4 Å². The molecule has 190 valence electrons. The van der Waals surface area contributed by atoms with E-state index < -0.39 is 18.1 Å². The van der Waals surface area contributed by atoms with Gasteiger partial charge in [0.05, 0.1) is 5.69 Å². The third-order valence-electron chi connectivity index (χ3n) is 6.75. The number of hydrogen-bond acceptors (Lipinski definition) is 5. The lowest BCUT2D eigenvalue weighted by atomic mass is 9.98. The number of nitrogens with one attached hydrogen (secondary N) is 4. The summed E-state index contributed by atoms with van der Waals surface area (Å²) in [7, 11) is 0. The van der Waals surface area contributed by atoms with Gasteiger partial charge in [-0.1, -0.05) is 71.1 Å². The molecule has 2 fully saturated rings.